The lowest BCUT2D eigenvalue weighted by Crippen LogP contribution is -2.19. The minimum atomic E-state index is 0.127. The molecule has 0 bridgehead atoms. The molecule has 0 fully saturated rings. The van der Waals surface area contributed by atoms with Crippen molar-refractivity contribution in [3.8, 4) is 0 Å². The summed E-state index contributed by atoms with van der Waals surface area (Å²) in [4.78, 5) is 0. The minimum absolute atomic E-state index is 0.127. The second-order valence-electron chi connectivity index (χ2n) is 5.98. The van der Waals surface area contributed by atoms with E-state index in [1.807, 2.05) is 11.7 Å². The summed E-state index contributed by atoms with van der Waals surface area (Å²) in [6.07, 6.45) is 2.00. The van der Waals surface area contributed by atoms with E-state index in [1.165, 1.54) is 27.7 Å². The maximum absolute atomic E-state index is 6.45. The smallest absolute Gasteiger partial charge is 0.0706 e. The van der Waals surface area contributed by atoms with Crippen molar-refractivity contribution in [2.45, 2.75) is 18.9 Å². The molecule has 0 saturated heterocycles. The highest BCUT2D eigenvalue weighted by molar-refractivity contribution is 5.81. The molecule has 2 N–H and O–H groups in total. The first kappa shape index (κ1) is 12.6. The van der Waals surface area contributed by atoms with Gasteiger partial charge < -0.3 is 5.73 Å². The van der Waals surface area contributed by atoms with E-state index in [0.29, 0.717) is 5.92 Å². The van der Waals surface area contributed by atoms with Crippen LogP contribution < -0.4 is 5.73 Å². The molecule has 0 spiro atoms. The van der Waals surface area contributed by atoms with Gasteiger partial charge in [-0.3, -0.25) is 4.68 Å². The van der Waals surface area contributed by atoms with Crippen LogP contribution in [0.4, 0.5) is 0 Å². The molecule has 21 heavy (non-hydrogen) atoms. The van der Waals surface area contributed by atoms with E-state index in [1.54, 1.807) is 0 Å². The van der Waals surface area contributed by atoms with E-state index in [9.17, 15) is 0 Å². The molecule has 2 atom stereocenters. The zero-order chi connectivity index (χ0) is 14.4. The van der Waals surface area contributed by atoms with Crippen LogP contribution in [0.15, 0.2) is 48.5 Å². The predicted octanol–water partition coefficient (Wildman–Crippen LogP) is 2.99. The highest BCUT2D eigenvalue weighted by Gasteiger charge is 2.30. The topological polar surface area (TPSA) is 43.8 Å². The highest BCUT2D eigenvalue weighted by atomic mass is 15.3. The number of para-hydroxylation sites is 1. The van der Waals surface area contributed by atoms with Crippen LogP contribution in [0.3, 0.4) is 0 Å². The Morgan fingerprint density at radius 1 is 1.14 bits per heavy atom. The first-order valence-electron chi connectivity index (χ1n) is 7.48. The summed E-state index contributed by atoms with van der Waals surface area (Å²) in [6.45, 7) is 0. The average molecular weight is 277 g/mol. The number of rotatable bonds is 2. The van der Waals surface area contributed by atoms with Gasteiger partial charge in [-0.2, -0.15) is 5.10 Å². The first-order valence-corrected chi connectivity index (χ1v) is 7.48. The summed E-state index contributed by atoms with van der Waals surface area (Å²) >= 11 is 0. The Morgan fingerprint density at radius 3 is 2.76 bits per heavy atom. The van der Waals surface area contributed by atoms with Gasteiger partial charge in [-0.25, -0.2) is 0 Å². The quantitative estimate of drug-likeness (QED) is 0.782. The molecule has 3 nitrogen and oxygen atoms in total. The van der Waals surface area contributed by atoms with Gasteiger partial charge in [0.1, 0.15) is 0 Å². The van der Waals surface area contributed by atoms with Crippen molar-refractivity contribution >= 4 is 10.9 Å². The van der Waals surface area contributed by atoms with Crippen LogP contribution in [-0.4, -0.2) is 9.78 Å². The Morgan fingerprint density at radius 2 is 1.90 bits per heavy atom. The van der Waals surface area contributed by atoms with Crippen molar-refractivity contribution in [1.82, 2.24) is 9.78 Å². The zero-order valence-electron chi connectivity index (χ0n) is 12.2. The van der Waals surface area contributed by atoms with E-state index in [0.717, 1.165) is 12.8 Å². The molecule has 1 aromatic heterocycles. The van der Waals surface area contributed by atoms with Gasteiger partial charge in [0.15, 0.2) is 0 Å². The lowest BCUT2D eigenvalue weighted by molar-refractivity contribution is 0.459. The highest BCUT2D eigenvalue weighted by Crippen LogP contribution is 2.36. The van der Waals surface area contributed by atoms with Crippen molar-refractivity contribution in [1.29, 1.82) is 0 Å². The third-order valence-electron chi connectivity index (χ3n) is 4.69. The Kier molecular flexibility index (Phi) is 2.82. The molecule has 0 saturated carbocycles. The number of nitrogens with zero attached hydrogens (tertiary/aromatic N) is 2. The predicted molar refractivity (Wildman–Crippen MR) is 85.0 cm³/mol. The van der Waals surface area contributed by atoms with Gasteiger partial charge in [0, 0.05) is 18.5 Å². The van der Waals surface area contributed by atoms with Gasteiger partial charge in [-0.1, -0.05) is 42.5 Å². The van der Waals surface area contributed by atoms with Crippen LogP contribution in [0, 0.1) is 5.92 Å². The second kappa shape index (κ2) is 4.71. The molecule has 1 heterocycles. The maximum atomic E-state index is 6.45. The summed E-state index contributed by atoms with van der Waals surface area (Å²) in [6, 6.07) is 17.1. The lowest BCUT2D eigenvalue weighted by Gasteiger charge is -2.14. The molecular weight excluding hydrogens is 258 g/mol. The fourth-order valence-corrected chi connectivity index (χ4v) is 3.60. The van der Waals surface area contributed by atoms with Crippen molar-refractivity contribution in [2.75, 3.05) is 0 Å². The number of aromatic nitrogens is 2. The van der Waals surface area contributed by atoms with E-state index in [-0.39, 0.29) is 6.04 Å². The standard InChI is InChI=1S/C18H19N3/c1-21-17-9-5-4-8-15(17)16(20-21)11-13-10-12-6-2-3-7-14(12)18(13)19/h2-9,13,18H,10-11,19H2,1H3. The van der Waals surface area contributed by atoms with E-state index < -0.39 is 0 Å². The normalized spacial score (nSPS) is 20.9. The summed E-state index contributed by atoms with van der Waals surface area (Å²) < 4.78 is 1.97. The summed E-state index contributed by atoms with van der Waals surface area (Å²) in [5.74, 6) is 0.445. The van der Waals surface area contributed by atoms with Crippen molar-refractivity contribution < 1.29 is 0 Å². The molecule has 3 heteroatoms. The molecule has 4 rings (SSSR count). The van der Waals surface area contributed by atoms with Crippen LogP contribution in [-0.2, 0) is 19.9 Å². The van der Waals surface area contributed by atoms with Crippen LogP contribution in [0.1, 0.15) is 22.9 Å². The number of hydrogen-bond acceptors (Lipinski definition) is 2. The largest absolute Gasteiger partial charge is 0.324 e. The van der Waals surface area contributed by atoms with E-state index in [2.05, 4.69) is 48.5 Å². The van der Waals surface area contributed by atoms with E-state index >= 15 is 0 Å². The Balaban J connectivity index is 1.68. The summed E-state index contributed by atoms with van der Waals surface area (Å²) in [5, 5.41) is 5.96. The molecule has 1 aliphatic carbocycles. The molecule has 2 aromatic carbocycles. The van der Waals surface area contributed by atoms with Crippen LogP contribution >= 0.6 is 0 Å². The van der Waals surface area contributed by atoms with Gasteiger partial charge in [0.05, 0.1) is 11.2 Å². The SMILES string of the molecule is Cn1nc(CC2Cc3ccccc3C2N)c2ccccc21. The number of nitrogens with two attached hydrogens (primary N) is 1. The number of benzene rings is 2. The van der Waals surface area contributed by atoms with Crippen LogP contribution in [0.2, 0.25) is 0 Å². The van der Waals surface area contributed by atoms with Crippen molar-refractivity contribution in [3.63, 3.8) is 0 Å². The molecular formula is C18H19N3. The third-order valence-corrected chi connectivity index (χ3v) is 4.69. The number of hydrogen-bond donors (Lipinski definition) is 1. The molecule has 0 aliphatic heterocycles. The molecule has 0 radical (unpaired) electrons. The van der Waals surface area contributed by atoms with Gasteiger partial charge >= 0.3 is 0 Å². The van der Waals surface area contributed by atoms with Gasteiger partial charge in [-0.15, -0.1) is 0 Å². The summed E-state index contributed by atoms with van der Waals surface area (Å²) in [7, 11) is 2.01. The Hall–Kier alpha value is -2.13. The minimum Gasteiger partial charge on any atom is -0.324 e. The first-order chi connectivity index (χ1) is 10.2. The summed E-state index contributed by atoms with van der Waals surface area (Å²) in [5.41, 5.74) is 11.5. The van der Waals surface area contributed by atoms with Gasteiger partial charge in [0.25, 0.3) is 0 Å². The van der Waals surface area contributed by atoms with Crippen molar-refractivity contribution in [2.24, 2.45) is 18.7 Å². The molecule has 1 aliphatic rings. The van der Waals surface area contributed by atoms with Gasteiger partial charge in [-0.05, 0) is 36.0 Å². The number of fused-ring (bicyclic) bond motifs is 2. The van der Waals surface area contributed by atoms with E-state index in [4.69, 9.17) is 10.8 Å². The Bertz CT molecular complexity index is 803. The zero-order valence-corrected chi connectivity index (χ0v) is 12.2. The van der Waals surface area contributed by atoms with Crippen LogP contribution in [0.25, 0.3) is 10.9 Å². The molecule has 2 unspecified atom stereocenters. The fourth-order valence-electron chi connectivity index (χ4n) is 3.60. The molecule has 3 aromatic rings. The molecule has 106 valence electrons. The lowest BCUT2D eigenvalue weighted by atomic mass is 9.95. The molecule has 0 amide bonds. The Labute approximate surface area is 124 Å². The average Bonchev–Trinajstić information content (AvgIpc) is 2.99. The number of aryl methyl sites for hydroxylation is 1. The fraction of sp³-hybridized carbons (Fsp3) is 0.278. The monoisotopic (exact) mass is 277 g/mol. The second-order valence-corrected chi connectivity index (χ2v) is 5.98. The van der Waals surface area contributed by atoms with Crippen LogP contribution in [0.5, 0.6) is 0 Å². The van der Waals surface area contributed by atoms with Crippen molar-refractivity contribution in [3.05, 3.63) is 65.4 Å². The maximum Gasteiger partial charge on any atom is 0.0706 e. The third kappa shape index (κ3) is 1.96. The van der Waals surface area contributed by atoms with Gasteiger partial charge in [0.2, 0.25) is 0 Å².